The van der Waals surface area contributed by atoms with E-state index in [4.69, 9.17) is 4.74 Å². The van der Waals surface area contributed by atoms with Crippen LogP contribution in [0.4, 0.5) is 5.95 Å². The van der Waals surface area contributed by atoms with E-state index in [1.165, 1.54) is 4.88 Å². The van der Waals surface area contributed by atoms with Crippen LogP contribution in [-0.4, -0.2) is 23.3 Å². The number of methoxy groups -OCH3 is 1. The molecule has 0 aliphatic heterocycles. The SMILES string of the molecule is COCCn1ccnc1NC(C)c1cccs1. The second-order valence-electron chi connectivity index (χ2n) is 3.82. The van der Waals surface area contributed by atoms with E-state index >= 15 is 0 Å². The molecule has 0 aliphatic carbocycles. The monoisotopic (exact) mass is 251 g/mol. The lowest BCUT2D eigenvalue weighted by Crippen LogP contribution is -2.12. The summed E-state index contributed by atoms with van der Waals surface area (Å²) in [6.07, 6.45) is 3.77. The van der Waals surface area contributed by atoms with Crippen LogP contribution < -0.4 is 5.32 Å². The molecule has 0 amide bonds. The number of anilines is 1. The molecule has 1 unspecified atom stereocenters. The van der Waals surface area contributed by atoms with Gasteiger partial charge in [-0.1, -0.05) is 6.07 Å². The van der Waals surface area contributed by atoms with Crippen LogP contribution in [0.1, 0.15) is 17.8 Å². The van der Waals surface area contributed by atoms with Crippen molar-refractivity contribution in [2.24, 2.45) is 0 Å². The number of ether oxygens (including phenoxy) is 1. The lowest BCUT2D eigenvalue weighted by molar-refractivity contribution is 0.187. The number of nitrogens with one attached hydrogen (secondary N) is 1. The van der Waals surface area contributed by atoms with Crippen molar-refractivity contribution in [3.8, 4) is 0 Å². The Morgan fingerprint density at radius 1 is 1.59 bits per heavy atom. The minimum Gasteiger partial charge on any atom is -0.383 e. The first-order valence-corrected chi connectivity index (χ1v) is 6.49. The average Bonchev–Trinajstić information content (AvgIpc) is 2.97. The number of thiophene rings is 1. The maximum Gasteiger partial charge on any atom is 0.203 e. The van der Waals surface area contributed by atoms with Gasteiger partial charge in [0.2, 0.25) is 5.95 Å². The van der Waals surface area contributed by atoms with Gasteiger partial charge in [-0.15, -0.1) is 11.3 Å². The molecule has 0 aliphatic rings. The molecule has 2 aromatic heterocycles. The van der Waals surface area contributed by atoms with Gasteiger partial charge in [-0.2, -0.15) is 0 Å². The largest absolute Gasteiger partial charge is 0.383 e. The van der Waals surface area contributed by atoms with Crippen LogP contribution in [0.5, 0.6) is 0 Å². The van der Waals surface area contributed by atoms with Crippen LogP contribution in [0.25, 0.3) is 0 Å². The van der Waals surface area contributed by atoms with Gasteiger partial charge in [0, 0.05) is 30.9 Å². The fourth-order valence-corrected chi connectivity index (χ4v) is 2.36. The number of hydrogen-bond acceptors (Lipinski definition) is 4. The Hall–Kier alpha value is -1.33. The molecule has 0 radical (unpaired) electrons. The summed E-state index contributed by atoms with van der Waals surface area (Å²) in [5.74, 6) is 0.892. The summed E-state index contributed by atoms with van der Waals surface area (Å²) in [4.78, 5) is 5.63. The summed E-state index contributed by atoms with van der Waals surface area (Å²) >= 11 is 1.75. The third kappa shape index (κ3) is 3.08. The lowest BCUT2D eigenvalue weighted by atomic mass is 10.3. The highest BCUT2D eigenvalue weighted by Crippen LogP contribution is 2.22. The van der Waals surface area contributed by atoms with Gasteiger partial charge in [-0.25, -0.2) is 4.98 Å². The molecule has 92 valence electrons. The van der Waals surface area contributed by atoms with Gasteiger partial charge in [0.25, 0.3) is 0 Å². The van der Waals surface area contributed by atoms with Crippen molar-refractivity contribution in [3.05, 3.63) is 34.8 Å². The molecule has 1 atom stereocenters. The van der Waals surface area contributed by atoms with Gasteiger partial charge in [0.1, 0.15) is 0 Å². The summed E-state index contributed by atoms with van der Waals surface area (Å²) in [5.41, 5.74) is 0. The maximum atomic E-state index is 5.07. The predicted octanol–water partition coefficient (Wildman–Crippen LogP) is 2.76. The molecule has 0 fully saturated rings. The molecule has 2 rings (SSSR count). The molecule has 17 heavy (non-hydrogen) atoms. The van der Waals surface area contributed by atoms with E-state index in [2.05, 4.69) is 39.3 Å². The van der Waals surface area contributed by atoms with Gasteiger partial charge in [-0.05, 0) is 18.4 Å². The Balaban J connectivity index is 2.00. The van der Waals surface area contributed by atoms with E-state index in [0.717, 1.165) is 12.5 Å². The van der Waals surface area contributed by atoms with Crippen molar-refractivity contribution < 1.29 is 4.74 Å². The van der Waals surface area contributed by atoms with Gasteiger partial charge in [-0.3, -0.25) is 0 Å². The zero-order chi connectivity index (χ0) is 12.1. The molecule has 0 saturated heterocycles. The quantitative estimate of drug-likeness (QED) is 0.858. The fraction of sp³-hybridized carbons (Fsp3) is 0.417. The number of rotatable bonds is 6. The molecule has 0 bridgehead atoms. The highest BCUT2D eigenvalue weighted by atomic mass is 32.1. The van der Waals surface area contributed by atoms with E-state index in [0.29, 0.717) is 6.61 Å². The minimum atomic E-state index is 0.277. The number of imidazole rings is 1. The summed E-state index contributed by atoms with van der Waals surface area (Å²) in [6.45, 7) is 3.65. The molecule has 2 heterocycles. The maximum absolute atomic E-state index is 5.07. The van der Waals surface area contributed by atoms with Crippen LogP contribution in [0.15, 0.2) is 29.9 Å². The second kappa shape index (κ2) is 5.84. The van der Waals surface area contributed by atoms with Gasteiger partial charge >= 0.3 is 0 Å². The summed E-state index contributed by atoms with van der Waals surface area (Å²) < 4.78 is 7.14. The Morgan fingerprint density at radius 2 is 2.47 bits per heavy atom. The third-order valence-electron chi connectivity index (χ3n) is 2.57. The van der Waals surface area contributed by atoms with Gasteiger partial charge < -0.3 is 14.6 Å². The van der Waals surface area contributed by atoms with E-state index in [-0.39, 0.29) is 6.04 Å². The van der Waals surface area contributed by atoms with Crippen LogP contribution in [0.2, 0.25) is 0 Å². The van der Waals surface area contributed by atoms with E-state index in [1.807, 2.05) is 6.20 Å². The van der Waals surface area contributed by atoms with Gasteiger partial charge in [0.05, 0.1) is 12.6 Å². The molecular formula is C12H17N3OS. The highest BCUT2D eigenvalue weighted by Gasteiger charge is 2.09. The topological polar surface area (TPSA) is 39.1 Å². The summed E-state index contributed by atoms with van der Waals surface area (Å²) in [7, 11) is 1.71. The van der Waals surface area contributed by atoms with Crippen LogP contribution in [0.3, 0.4) is 0 Å². The predicted molar refractivity (Wildman–Crippen MR) is 70.5 cm³/mol. The Kier molecular flexibility index (Phi) is 4.17. The molecular weight excluding hydrogens is 234 g/mol. The number of nitrogens with zero attached hydrogens (tertiary/aromatic N) is 2. The Morgan fingerprint density at radius 3 is 3.18 bits per heavy atom. The van der Waals surface area contributed by atoms with Gasteiger partial charge in [0.15, 0.2) is 0 Å². The molecule has 5 heteroatoms. The van der Waals surface area contributed by atoms with Crippen molar-refractivity contribution in [2.75, 3.05) is 19.0 Å². The van der Waals surface area contributed by atoms with Crippen LogP contribution >= 0.6 is 11.3 Å². The number of hydrogen-bond donors (Lipinski definition) is 1. The summed E-state index contributed by atoms with van der Waals surface area (Å²) in [6, 6.07) is 4.47. The van der Waals surface area contributed by atoms with Crippen LogP contribution in [-0.2, 0) is 11.3 Å². The standard InChI is InChI=1S/C12H17N3OS/c1-10(11-4-3-9-17-11)14-12-13-5-6-15(12)7-8-16-2/h3-6,9-10H,7-8H2,1-2H3,(H,13,14). The normalized spacial score (nSPS) is 12.6. The molecule has 0 spiro atoms. The third-order valence-corrected chi connectivity index (χ3v) is 3.62. The number of aromatic nitrogens is 2. The van der Waals surface area contributed by atoms with Crippen molar-refractivity contribution >= 4 is 17.3 Å². The van der Waals surface area contributed by atoms with E-state index in [1.54, 1.807) is 24.6 Å². The van der Waals surface area contributed by atoms with Crippen LogP contribution in [0, 0.1) is 0 Å². The molecule has 0 aromatic carbocycles. The molecule has 2 aromatic rings. The zero-order valence-corrected chi connectivity index (χ0v) is 10.9. The first-order chi connectivity index (χ1) is 8.31. The first kappa shape index (κ1) is 12.1. The molecule has 0 saturated carbocycles. The zero-order valence-electron chi connectivity index (χ0n) is 10.1. The van der Waals surface area contributed by atoms with Crippen molar-refractivity contribution in [2.45, 2.75) is 19.5 Å². The highest BCUT2D eigenvalue weighted by molar-refractivity contribution is 7.10. The smallest absolute Gasteiger partial charge is 0.203 e. The van der Waals surface area contributed by atoms with Crippen molar-refractivity contribution in [1.82, 2.24) is 9.55 Å². The Labute approximate surface area is 105 Å². The van der Waals surface area contributed by atoms with E-state index in [9.17, 15) is 0 Å². The molecule has 1 N–H and O–H groups in total. The minimum absolute atomic E-state index is 0.277. The lowest BCUT2D eigenvalue weighted by Gasteiger charge is -2.14. The summed E-state index contributed by atoms with van der Waals surface area (Å²) in [5, 5.41) is 5.50. The molecule has 4 nitrogen and oxygen atoms in total. The Bertz CT molecular complexity index is 438. The van der Waals surface area contributed by atoms with Crippen molar-refractivity contribution in [3.63, 3.8) is 0 Å². The van der Waals surface area contributed by atoms with Crippen molar-refractivity contribution in [1.29, 1.82) is 0 Å². The second-order valence-corrected chi connectivity index (χ2v) is 4.80. The average molecular weight is 251 g/mol. The first-order valence-electron chi connectivity index (χ1n) is 5.61. The fourth-order valence-electron chi connectivity index (χ4n) is 1.62. The van der Waals surface area contributed by atoms with E-state index < -0.39 is 0 Å².